The molecular weight excluding hydrogens is 336 g/mol. The highest BCUT2D eigenvalue weighted by molar-refractivity contribution is 9.10. The lowest BCUT2D eigenvalue weighted by Crippen LogP contribution is -2.20. The molecular formula is C17H18BrF2N. The lowest BCUT2D eigenvalue weighted by atomic mass is 9.95. The zero-order valence-corrected chi connectivity index (χ0v) is 13.7. The Balaban J connectivity index is 2.51. The third-order valence-electron chi connectivity index (χ3n) is 3.40. The van der Waals surface area contributed by atoms with Crippen LogP contribution in [0.4, 0.5) is 8.78 Å². The van der Waals surface area contributed by atoms with Crippen LogP contribution in [0.3, 0.4) is 0 Å². The van der Waals surface area contributed by atoms with Crippen LogP contribution in [0.2, 0.25) is 0 Å². The Hall–Kier alpha value is -1.26. The standard InChI is InChI=1S/C17H18BrF2N/c1-3-8-21-11(2)14-6-5-13(19)10-15(14)16-9-12(18)4-7-17(16)20/h4-7,9-11,21H,3,8H2,1-2H3. The first kappa shape index (κ1) is 16.1. The summed E-state index contributed by atoms with van der Waals surface area (Å²) in [5.74, 6) is -0.719. The lowest BCUT2D eigenvalue weighted by Gasteiger charge is -2.18. The highest BCUT2D eigenvalue weighted by atomic mass is 79.9. The molecule has 2 aromatic rings. The maximum absolute atomic E-state index is 14.1. The van der Waals surface area contributed by atoms with Crippen LogP contribution < -0.4 is 5.32 Å². The van der Waals surface area contributed by atoms with E-state index in [9.17, 15) is 8.78 Å². The van der Waals surface area contributed by atoms with Gasteiger partial charge in [0.25, 0.3) is 0 Å². The maximum Gasteiger partial charge on any atom is 0.131 e. The fourth-order valence-electron chi connectivity index (χ4n) is 2.31. The van der Waals surface area contributed by atoms with E-state index in [0.29, 0.717) is 11.1 Å². The van der Waals surface area contributed by atoms with Crippen LogP contribution in [0.15, 0.2) is 40.9 Å². The van der Waals surface area contributed by atoms with Gasteiger partial charge in [0.15, 0.2) is 0 Å². The molecule has 0 aliphatic rings. The first-order chi connectivity index (χ1) is 10.0. The van der Waals surface area contributed by atoms with Crippen molar-refractivity contribution in [3.05, 3.63) is 58.1 Å². The van der Waals surface area contributed by atoms with Gasteiger partial charge in [0, 0.05) is 16.1 Å². The number of nitrogens with one attached hydrogen (secondary N) is 1. The molecule has 2 aromatic carbocycles. The van der Waals surface area contributed by atoms with Crippen LogP contribution in [0, 0.1) is 11.6 Å². The molecule has 0 aliphatic carbocycles. The number of hydrogen-bond donors (Lipinski definition) is 1. The summed E-state index contributed by atoms with van der Waals surface area (Å²) in [6.45, 7) is 4.94. The summed E-state index contributed by atoms with van der Waals surface area (Å²) in [6, 6.07) is 9.26. The Morgan fingerprint density at radius 3 is 2.57 bits per heavy atom. The van der Waals surface area contributed by atoms with Crippen molar-refractivity contribution < 1.29 is 8.78 Å². The maximum atomic E-state index is 14.1. The summed E-state index contributed by atoms with van der Waals surface area (Å²) in [4.78, 5) is 0. The summed E-state index contributed by atoms with van der Waals surface area (Å²) in [5.41, 5.74) is 1.88. The van der Waals surface area contributed by atoms with Gasteiger partial charge in [0.2, 0.25) is 0 Å². The molecule has 4 heteroatoms. The van der Waals surface area contributed by atoms with Gasteiger partial charge in [-0.15, -0.1) is 0 Å². The normalized spacial score (nSPS) is 12.4. The number of hydrogen-bond acceptors (Lipinski definition) is 1. The molecule has 0 aliphatic heterocycles. The first-order valence-corrected chi connectivity index (χ1v) is 7.80. The molecule has 1 nitrogen and oxygen atoms in total. The van der Waals surface area contributed by atoms with Crippen molar-refractivity contribution in [3.63, 3.8) is 0 Å². The van der Waals surface area contributed by atoms with Crippen LogP contribution in [0.5, 0.6) is 0 Å². The molecule has 0 saturated heterocycles. The van der Waals surface area contributed by atoms with Crippen molar-refractivity contribution in [1.29, 1.82) is 0 Å². The van der Waals surface area contributed by atoms with E-state index in [0.717, 1.165) is 23.0 Å². The molecule has 0 aromatic heterocycles. The van der Waals surface area contributed by atoms with Gasteiger partial charge in [-0.05, 0) is 61.3 Å². The Kier molecular flexibility index (Phi) is 5.48. The fourth-order valence-corrected chi connectivity index (χ4v) is 2.68. The van der Waals surface area contributed by atoms with E-state index >= 15 is 0 Å². The van der Waals surface area contributed by atoms with Crippen molar-refractivity contribution in [3.8, 4) is 11.1 Å². The average molecular weight is 354 g/mol. The van der Waals surface area contributed by atoms with Crippen molar-refractivity contribution >= 4 is 15.9 Å². The van der Waals surface area contributed by atoms with E-state index < -0.39 is 0 Å². The summed E-state index contributed by atoms with van der Waals surface area (Å²) in [6.07, 6.45) is 1.01. The lowest BCUT2D eigenvalue weighted by molar-refractivity contribution is 0.568. The predicted molar refractivity (Wildman–Crippen MR) is 86.2 cm³/mol. The molecule has 112 valence electrons. The zero-order valence-electron chi connectivity index (χ0n) is 12.1. The van der Waals surface area contributed by atoms with Crippen LogP contribution in [0.25, 0.3) is 11.1 Å². The van der Waals surface area contributed by atoms with Crippen LogP contribution >= 0.6 is 15.9 Å². The van der Waals surface area contributed by atoms with Crippen molar-refractivity contribution in [2.45, 2.75) is 26.3 Å². The van der Waals surface area contributed by atoms with Gasteiger partial charge in [0.05, 0.1) is 0 Å². The monoisotopic (exact) mass is 353 g/mol. The van der Waals surface area contributed by atoms with Crippen LogP contribution in [-0.2, 0) is 0 Å². The molecule has 1 N–H and O–H groups in total. The van der Waals surface area contributed by atoms with Gasteiger partial charge in [-0.2, -0.15) is 0 Å². The summed E-state index contributed by atoms with van der Waals surface area (Å²) in [5, 5.41) is 3.36. The second-order valence-corrected chi connectivity index (χ2v) is 5.95. The van der Waals surface area contributed by atoms with E-state index in [1.54, 1.807) is 18.2 Å². The summed E-state index contributed by atoms with van der Waals surface area (Å²) >= 11 is 3.34. The largest absolute Gasteiger partial charge is 0.310 e. The molecule has 0 spiro atoms. The van der Waals surface area contributed by atoms with Crippen molar-refractivity contribution in [2.75, 3.05) is 6.54 Å². The van der Waals surface area contributed by atoms with E-state index in [4.69, 9.17) is 0 Å². The minimum Gasteiger partial charge on any atom is -0.310 e. The molecule has 0 heterocycles. The minimum absolute atomic E-state index is 0.0268. The SMILES string of the molecule is CCCNC(C)c1ccc(F)cc1-c1cc(Br)ccc1F. The quantitative estimate of drug-likeness (QED) is 0.752. The molecule has 0 amide bonds. The van der Waals surface area contributed by atoms with Crippen LogP contribution in [0.1, 0.15) is 31.9 Å². The fraction of sp³-hybridized carbons (Fsp3) is 0.294. The molecule has 1 unspecified atom stereocenters. The second kappa shape index (κ2) is 7.14. The molecule has 0 fully saturated rings. The third-order valence-corrected chi connectivity index (χ3v) is 3.89. The van der Waals surface area contributed by atoms with E-state index in [2.05, 4.69) is 28.2 Å². The Morgan fingerprint density at radius 2 is 1.86 bits per heavy atom. The Bertz CT molecular complexity index is 628. The van der Waals surface area contributed by atoms with Gasteiger partial charge in [0.1, 0.15) is 11.6 Å². The smallest absolute Gasteiger partial charge is 0.131 e. The zero-order chi connectivity index (χ0) is 15.4. The van der Waals surface area contributed by atoms with E-state index in [1.165, 1.54) is 18.2 Å². The molecule has 0 saturated carbocycles. The molecule has 0 radical (unpaired) electrons. The Labute approximate surface area is 132 Å². The number of benzene rings is 2. The van der Waals surface area contributed by atoms with Gasteiger partial charge in [-0.25, -0.2) is 8.78 Å². The van der Waals surface area contributed by atoms with Crippen molar-refractivity contribution in [2.24, 2.45) is 0 Å². The van der Waals surface area contributed by atoms with Gasteiger partial charge >= 0.3 is 0 Å². The molecule has 21 heavy (non-hydrogen) atoms. The molecule has 2 rings (SSSR count). The van der Waals surface area contributed by atoms with Gasteiger partial charge in [-0.3, -0.25) is 0 Å². The number of rotatable bonds is 5. The predicted octanol–water partition coefficient (Wildman–Crippen LogP) is 5.45. The second-order valence-electron chi connectivity index (χ2n) is 5.03. The first-order valence-electron chi connectivity index (χ1n) is 7.01. The van der Waals surface area contributed by atoms with Gasteiger partial charge in [-0.1, -0.05) is 28.9 Å². The van der Waals surface area contributed by atoms with Gasteiger partial charge < -0.3 is 5.32 Å². The minimum atomic E-state index is -0.365. The average Bonchev–Trinajstić information content (AvgIpc) is 2.47. The highest BCUT2D eigenvalue weighted by Gasteiger charge is 2.15. The van der Waals surface area contributed by atoms with E-state index in [1.807, 2.05) is 6.92 Å². The summed E-state index contributed by atoms with van der Waals surface area (Å²) in [7, 11) is 0. The molecule has 0 bridgehead atoms. The van der Waals surface area contributed by atoms with E-state index in [-0.39, 0.29) is 17.7 Å². The van der Waals surface area contributed by atoms with Crippen molar-refractivity contribution in [1.82, 2.24) is 5.32 Å². The number of halogens is 3. The highest BCUT2D eigenvalue weighted by Crippen LogP contribution is 2.32. The molecule has 1 atom stereocenters. The van der Waals surface area contributed by atoms with Crippen LogP contribution in [-0.4, -0.2) is 6.54 Å². The topological polar surface area (TPSA) is 12.0 Å². The Morgan fingerprint density at radius 1 is 1.10 bits per heavy atom. The summed E-state index contributed by atoms with van der Waals surface area (Å²) < 4.78 is 28.5. The third kappa shape index (κ3) is 3.89.